The topological polar surface area (TPSA) is 121 Å². The standard InChI is InChI=1S/C19H22N6O4/c1-23(15-5-3-2-4-6-15)24-13-14(11-18(24)26)19(27)21-10-9-20-17-8-7-16(12-22-17)25(28)29/h2-8,12,14H,9-11,13H2,1H3,(H,20,22)(H,21,27). The fourth-order valence-electron chi connectivity index (χ4n) is 3.06. The molecule has 1 fully saturated rings. The Morgan fingerprint density at radius 1 is 1.28 bits per heavy atom. The molecule has 0 bridgehead atoms. The molecule has 1 aliphatic heterocycles. The van der Waals surface area contributed by atoms with Gasteiger partial charge < -0.3 is 10.6 Å². The molecule has 1 aromatic carbocycles. The number of aromatic nitrogens is 1. The van der Waals surface area contributed by atoms with Gasteiger partial charge in [-0.2, -0.15) is 0 Å². The van der Waals surface area contributed by atoms with E-state index in [0.29, 0.717) is 25.5 Å². The number of hydrazine groups is 1. The van der Waals surface area contributed by atoms with E-state index in [1.54, 1.807) is 17.1 Å². The summed E-state index contributed by atoms with van der Waals surface area (Å²) in [5.41, 5.74) is 0.793. The van der Waals surface area contributed by atoms with Crippen LogP contribution in [0.3, 0.4) is 0 Å². The molecule has 152 valence electrons. The predicted octanol–water partition coefficient (Wildman–Crippen LogP) is 1.42. The first kappa shape index (κ1) is 20.1. The number of hydrogen-bond donors (Lipinski definition) is 2. The average Bonchev–Trinajstić information content (AvgIpc) is 3.13. The highest BCUT2D eigenvalue weighted by Crippen LogP contribution is 2.23. The summed E-state index contributed by atoms with van der Waals surface area (Å²) in [6, 6.07) is 12.4. The van der Waals surface area contributed by atoms with E-state index in [9.17, 15) is 19.7 Å². The maximum absolute atomic E-state index is 12.4. The molecular formula is C19H22N6O4. The van der Waals surface area contributed by atoms with Crippen LogP contribution in [0.1, 0.15) is 6.42 Å². The molecule has 2 amide bonds. The highest BCUT2D eigenvalue weighted by molar-refractivity contribution is 5.90. The molecule has 3 rings (SSSR count). The van der Waals surface area contributed by atoms with Gasteiger partial charge in [0.05, 0.1) is 23.1 Å². The number of benzene rings is 1. The SMILES string of the molecule is CN(c1ccccc1)N1CC(C(=O)NCCNc2ccc([N+](=O)[O-])cn2)CC1=O. The zero-order valence-corrected chi connectivity index (χ0v) is 15.9. The molecule has 1 aromatic heterocycles. The van der Waals surface area contributed by atoms with E-state index in [2.05, 4.69) is 15.6 Å². The lowest BCUT2D eigenvalue weighted by molar-refractivity contribution is -0.385. The Hall–Kier alpha value is -3.69. The van der Waals surface area contributed by atoms with Gasteiger partial charge in [-0.05, 0) is 18.2 Å². The Kier molecular flexibility index (Phi) is 6.22. The van der Waals surface area contributed by atoms with E-state index >= 15 is 0 Å². The second kappa shape index (κ2) is 9.00. The van der Waals surface area contributed by atoms with Gasteiger partial charge in [-0.3, -0.25) is 29.7 Å². The number of carbonyl (C=O) groups is 2. The van der Waals surface area contributed by atoms with E-state index in [1.165, 1.54) is 18.3 Å². The molecule has 0 saturated carbocycles. The number of anilines is 2. The van der Waals surface area contributed by atoms with Crippen molar-refractivity contribution in [1.29, 1.82) is 0 Å². The van der Waals surface area contributed by atoms with Crippen LogP contribution in [-0.2, 0) is 9.59 Å². The third kappa shape index (κ3) is 4.98. The lowest BCUT2D eigenvalue weighted by atomic mass is 10.1. The Labute approximate surface area is 167 Å². The summed E-state index contributed by atoms with van der Waals surface area (Å²) < 4.78 is 0. The second-order valence-corrected chi connectivity index (χ2v) is 6.61. The van der Waals surface area contributed by atoms with Crippen LogP contribution in [0, 0.1) is 16.0 Å². The van der Waals surface area contributed by atoms with Crippen molar-refractivity contribution in [2.24, 2.45) is 5.92 Å². The molecule has 1 unspecified atom stereocenters. The molecule has 2 aromatic rings. The summed E-state index contributed by atoms with van der Waals surface area (Å²) in [7, 11) is 1.80. The van der Waals surface area contributed by atoms with Crippen molar-refractivity contribution in [2.45, 2.75) is 6.42 Å². The van der Waals surface area contributed by atoms with Crippen LogP contribution < -0.4 is 15.6 Å². The number of rotatable bonds is 8. The molecule has 1 saturated heterocycles. The minimum atomic E-state index is -0.515. The number of pyridine rings is 1. The van der Waals surface area contributed by atoms with Crippen LogP contribution in [0.4, 0.5) is 17.2 Å². The van der Waals surface area contributed by atoms with Gasteiger partial charge in [0.1, 0.15) is 12.0 Å². The van der Waals surface area contributed by atoms with Gasteiger partial charge in [-0.15, -0.1) is 0 Å². The number of carbonyl (C=O) groups excluding carboxylic acids is 2. The van der Waals surface area contributed by atoms with Crippen molar-refractivity contribution in [3.8, 4) is 0 Å². The number of nitrogens with zero attached hydrogens (tertiary/aromatic N) is 4. The third-order valence-electron chi connectivity index (χ3n) is 4.65. The first-order valence-corrected chi connectivity index (χ1v) is 9.17. The molecule has 2 N–H and O–H groups in total. The van der Waals surface area contributed by atoms with E-state index in [-0.39, 0.29) is 23.9 Å². The van der Waals surface area contributed by atoms with Gasteiger partial charge in [0.2, 0.25) is 11.8 Å². The summed E-state index contributed by atoms with van der Waals surface area (Å²) in [5.74, 6) is -0.201. The Bertz CT molecular complexity index is 874. The Balaban J connectivity index is 1.44. The van der Waals surface area contributed by atoms with Crippen LogP contribution in [0.25, 0.3) is 0 Å². The molecule has 0 spiro atoms. The second-order valence-electron chi connectivity index (χ2n) is 6.61. The molecular weight excluding hydrogens is 376 g/mol. The van der Waals surface area contributed by atoms with E-state index in [0.717, 1.165) is 5.69 Å². The highest BCUT2D eigenvalue weighted by atomic mass is 16.6. The largest absolute Gasteiger partial charge is 0.368 e. The van der Waals surface area contributed by atoms with Gasteiger partial charge in [-0.1, -0.05) is 18.2 Å². The van der Waals surface area contributed by atoms with Crippen LogP contribution in [0.5, 0.6) is 0 Å². The zero-order chi connectivity index (χ0) is 20.8. The van der Waals surface area contributed by atoms with Crippen LogP contribution in [0.2, 0.25) is 0 Å². The first-order chi connectivity index (χ1) is 14.0. The van der Waals surface area contributed by atoms with Crippen LogP contribution in [-0.4, -0.2) is 53.4 Å². The van der Waals surface area contributed by atoms with Crippen molar-refractivity contribution in [2.75, 3.05) is 37.0 Å². The van der Waals surface area contributed by atoms with Gasteiger partial charge in [0, 0.05) is 32.6 Å². The summed E-state index contributed by atoms with van der Waals surface area (Å²) >= 11 is 0. The Morgan fingerprint density at radius 2 is 2.03 bits per heavy atom. The molecule has 0 aliphatic carbocycles. The average molecular weight is 398 g/mol. The number of amides is 2. The van der Waals surface area contributed by atoms with Crippen molar-refractivity contribution in [3.05, 3.63) is 58.8 Å². The van der Waals surface area contributed by atoms with Crippen molar-refractivity contribution in [1.82, 2.24) is 15.3 Å². The van der Waals surface area contributed by atoms with Crippen LogP contribution >= 0.6 is 0 Å². The minimum absolute atomic E-state index is 0.0835. The summed E-state index contributed by atoms with van der Waals surface area (Å²) in [6.45, 7) is 1.08. The third-order valence-corrected chi connectivity index (χ3v) is 4.65. The quantitative estimate of drug-likeness (QED) is 0.392. The van der Waals surface area contributed by atoms with Gasteiger partial charge >= 0.3 is 0 Å². The highest BCUT2D eigenvalue weighted by Gasteiger charge is 2.36. The van der Waals surface area contributed by atoms with Crippen LogP contribution in [0.15, 0.2) is 48.7 Å². The fourth-order valence-corrected chi connectivity index (χ4v) is 3.06. The smallest absolute Gasteiger partial charge is 0.287 e. The fraction of sp³-hybridized carbons (Fsp3) is 0.316. The van der Waals surface area contributed by atoms with Gasteiger partial charge in [-0.25, -0.2) is 4.98 Å². The normalized spacial score (nSPS) is 15.8. The number of para-hydroxylation sites is 1. The summed E-state index contributed by atoms with van der Waals surface area (Å²) in [5, 5.41) is 19.7. The van der Waals surface area contributed by atoms with E-state index < -0.39 is 10.8 Å². The number of nitro groups is 1. The lowest BCUT2D eigenvalue weighted by Crippen LogP contribution is -2.42. The molecule has 29 heavy (non-hydrogen) atoms. The molecule has 1 atom stereocenters. The maximum Gasteiger partial charge on any atom is 0.287 e. The first-order valence-electron chi connectivity index (χ1n) is 9.17. The predicted molar refractivity (Wildman–Crippen MR) is 107 cm³/mol. The van der Waals surface area contributed by atoms with Gasteiger partial charge in [0.25, 0.3) is 5.69 Å². The molecule has 10 heteroatoms. The maximum atomic E-state index is 12.4. The van der Waals surface area contributed by atoms with E-state index in [1.807, 2.05) is 30.3 Å². The zero-order valence-electron chi connectivity index (χ0n) is 15.9. The van der Waals surface area contributed by atoms with Crippen molar-refractivity contribution >= 4 is 29.0 Å². The minimum Gasteiger partial charge on any atom is -0.368 e. The van der Waals surface area contributed by atoms with Crippen molar-refractivity contribution < 1.29 is 14.5 Å². The molecule has 1 aliphatic rings. The summed E-state index contributed by atoms with van der Waals surface area (Å²) in [6.07, 6.45) is 1.34. The lowest BCUT2D eigenvalue weighted by Gasteiger charge is -2.30. The number of hydrogen-bond acceptors (Lipinski definition) is 7. The monoisotopic (exact) mass is 398 g/mol. The van der Waals surface area contributed by atoms with Gasteiger partial charge in [0.15, 0.2) is 0 Å². The van der Waals surface area contributed by atoms with E-state index in [4.69, 9.17) is 0 Å². The molecule has 2 heterocycles. The molecule has 10 nitrogen and oxygen atoms in total. The summed E-state index contributed by atoms with van der Waals surface area (Å²) in [4.78, 5) is 38.8. The van der Waals surface area contributed by atoms with Crippen molar-refractivity contribution in [3.63, 3.8) is 0 Å². The number of nitrogens with one attached hydrogen (secondary N) is 2. The Morgan fingerprint density at radius 3 is 2.69 bits per heavy atom. The molecule has 0 radical (unpaired) electrons.